The van der Waals surface area contributed by atoms with E-state index in [-0.39, 0.29) is 10.8 Å². The SMILES string of the molecule is Cc1ccc2c(c1)C1(c3ccccc3N(c3ccc4c(c3)[Si]3(c5ccccc5-c5ccccc53)c3ccccc3-4)c3c1ccc1c3-c3ccccc3C1(C)C)c1cc(C)ccc1C2(C)C. The maximum absolute atomic E-state index is 2.72. The van der Waals surface area contributed by atoms with Crippen LogP contribution in [0.5, 0.6) is 0 Å². The molecule has 3 aliphatic heterocycles. The highest BCUT2D eigenvalue weighted by molar-refractivity contribution is 7.24. The summed E-state index contributed by atoms with van der Waals surface area (Å²) in [4.78, 5) is 2.70. The Balaban J connectivity index is 1.15. The average Bonchev–Trinajstić information content (AvgIpc) is 3.88. The molecule has 9 aromatic carbocycles. The van der Waals surface area contributed by atoms with Gasteiger partial charge in [-0.2, -0.15) is 0 Å². The van der Waals surface area contributed by atoms with E-state index in [9.17, 15) is 0 Å². The number of para-hydroxylation sites is 1. The average molecular weight is 848 g/mol. The molecule has 14 rings (SSSR count). The fraction of sp³-hybridized carbons (Fsp3) is 0.143. The van der Waals surface area contributed by atoms with Gasteiger partial charge in [-0.3, -0.25) is 0 Å². The van der Waals surface area contributed by atoms with E-state index < -0.39 is 13.5 Å². The molecule has 0 atom stereocenters. The summed E-state index contributed by atoms with van der Waals surface area (Å²) < 4.78 is 0. The zero-order valence-corrected chi connectivity index (χ0v) is 38.8. The number of rotatable bonds is 1. The van der Waals surface area contributed by atoms with Gasteiger partial charge in [0.2, 0.25) is 0 Å². The van der Waals surface area contributed by atoms with Crippen LogP contribution in [0.15, 0.2) is 188 Å². The maximum Gasteiger partial charge on any atom is 0.182 e. The number of hydrogen-bond donors (Lipinski definition) is 0. The number of nitrogens with zero attached hydrogens (tertiary/aromatic N) is 1. The lowest BCUT2D eigenvalue weighted by Crippen LogP contribution is -2.70. The van der Waals surface area contributed by atoms with E-state index in [0.29, 0.717) is 0 Å². The van der Waals surface area contributed by atoms with Gasteiger partial charge in [-0.25, -0.2) is 0 Å². The van der Waals surface area contributed by atoms with Crippen LogP contribution in [-0.2, 0) is 16.2 Å². The van der Waals surface area contributed by atoms with Gasteiger partial charge < -0.3 is 4.90 Å². The van der Waals surface area contributed by atoms with E-state index in [1.165, 1.54) is 127 Å². The van der Waals surface area contributed by atoms with E-state index in [4.69, 9.17) is 0 Å². The van der Waals surface area contributed by atoms with Gasteiger partial charge >= 0.3 is 0 Å². The Kier molecular flexibility index (Phi) is 7.14. The van der Waals surface area contributed by atoms with Crippen LogP contribution < -0.4 is 25.6 Å². The van der Waals surface area contributed by atoms with Crippen molar-refractivity contribution in [3.05, 3.63) is 244 Å². The third kappa shape index (κ3) is 4.31. The molecule has 3 heterocycles. The molecule has 9 aromatic rings. The summed E-state index contributed by atoms with van der Waals surface area (Å²) in [5.41, 5.74) is 24.7. The van der Waals surface area contributed by atoms with Crippen LogP contribution in [0.25, 0.3) is 33.4 Å². The summed E-state index contributed by atoms with van der Waals surface area (Å²) in [7, 11) is -2.72. The molecule has 0 saturated heterocycles. The number of anilines is 3. The highest BCUT2D eigenvalue weighted by atomic mass is 28.3. The first kappa shape index (κ1) is 37.4. The molecule has 65 heavy (non-hydrogen) atoms. The number of aryl methyl sites for hydroxylation is 2. The lowest BCUT2D eigenvalue weighted by molar-refractivity contribution is 0.555. The van der Waals surface area contributed by atoms with Crippen molar-refractivity contribution in [2.45, 2.75) is 57.8 Å². The monoisotopic (exact) mass is 847 g/mol. The van der Waals surface area contributed by atoms with Crippen molar-refractivity contribution in [1.82, 2.24) is 0 Å². The van der Waals surface area contributed by atoms with Gasteiger partial charge in [0.25, 0.3) is 0 Å². The zero-order chi connectivity index (χ0) is 43.8. The van der Waals surface area contributed by atoms with Gasteiger partial charge in [-0.1, -0.05) is 209 Å². The quantitative estimate of drug-likeness (QED) is 0.149. The molecule has 2 heteroatoms. The minimum absolute atomic E-state index is 0.178. The molecule has 0 N–H and O–H groups in total. The Bertz CT molecular complexity index is 3480. The van der Waals surface area contributed by atoms with Crippen LogP contribution in [0.2, 0.25) is 0 Å². The van der Waals surface area contributed by atoms with E-state index in [1.54, 1.807) is 0 Å². The first-order valence-electron chi connectivity index (χ1n) is 23.4. The molecule has 0 unspecified atom stereocenters. The summed E-state index contributed by atoms with van der Waals surface area (Å²) in [5, 5.41) is 6.00. The molecule has 0 aromatic heterocycles. The third-order valence-corrected chi connectivity index (χ3v) is 21.6. The third-order valence-electron chi connectivity index (χ3n) is 16.6. The Morgan fingerprint density at radius 3 is 1.42 bits per heavy atom. The van der Waals surface area contributed by atoms with Crippen LogP contribution in [0.3, 0.4) is 0 Å². The Labute approximate surface area is 383 Å². The van der Waals surface area contributed by atoms with Crippen LogP contribution in [0.4, 0.5) is 17.1 Å². The minimum Gasteiger partial charge on any atom is -0.309 e. The molecule has 0 radical (unpaired) electrons. The van der Waals surface area contributed by atoms with Gasteiger partial charge in [0.15, 0.2) is 8.07 Å². The first-order chi connectivity index (χ1) is 31.6. The Hall–Kier alpha value is -7.00. The van der Waals surface area contributed by atoms with Crippen molar-refractivity contribution in [3.8, 4) is 33.4 Å². The van der Waals surface area contributed by atoms with Crippen molar-refractivity contribution in [2.24, 2.45) is 0 Å². The summed E-state index contributed by atoms with van der Waals surface area (Å²) in [6, 6.07) is 73.8. The molecule has 310 valence electrons. The number of hydrogen-bond acceptors (Lipinski definition) is 1. The molecule has 1 nitrogen and oxygen atoms in total. The predicted molar refractivity (Wildman–Crippen MR) is 274 cm³/mol. The highest BCUT2D eigenvalue weighted by Gasteiger charge is 2.57. The summed E-state index contributed by atoms with van der Waals surface area (Å²) in [6.45, 7) is 14.3. The molecule has 2 aliphatic carbocycles. The molecule has 0 saturated carbocycles. The van der Waals surface area contributed by atoms with Crippen molar-refractivity contribution >= 4 is 45.9 Å². The van der Waals surface area contributed by atoms with Crippen LogP contribution in [0, 0.1) is 13.8 Å². The number of fused-ring (bicyclic) bond motifs is 22. The second kappa shape index (κ2) is 12.4. The second-order valence-electron chi connectivity index (χ2n) is 20.5. The molecule has 0 fully saturated rings. The van der Waals surface area contributed by atoms with Gasteiger partial charge in [0.1, 0.15) is 0 Å². The Morgan fingerprint density at radius 2 is 0.815 bits per heavy atom. The van der Waals surface area contributed by atoms with Crippen molar-refractivity contribution < 1.29 is 0 Å². The predicted octanol–water partition coefficient (Wildman–Crippen LogP) is 12.8. The van der Waals surface area contributed by atoms with Crippen molar-refractivity contribution in [1.29, 1.82) is 0 Å². The zero-order valence-electron chi connectivity index (χ0n) is 37.8. The number of benzene rings is 9. The molecule has 2 spiro atoms. The second-order valence-corrected chi connectivity index (χ2v) is 24.2. The molecular weight excluding hydrogens is 799 g/mol. The molecule has 5 aliphatic rings. The van der Waals surface area contributed by atoms with Crippen LogP contribution in [-0.4, -0.2) is 8.07 Å². The van der Waals surface area contributed by atoms with E-state index >= 15 is 0 Å². The smallest absolute Gasteiger partial charge is 0.182 e. The lowest BCUT2D eigenvalue weighted by atomic mass is 9.52. The van der Waals surface area contributed by atoms with Crippen LogP contribution >= 0.6 is 0 Å². The molecule has 0 amide bonds. The van der Waals surface area contributed by atoms with Gasteiger partial charge in [-0.15, -0.1) is 0 Å². The summed E-state index contributed by atoms with van der Waals surface area (Å²) >= 11 is 0. The topological polar surface area (TPSA) is 3.24 Å². The normalized spacial score (nSPS) is 16.9. The summed E-state index contributed by atoms with van der Waals surface area (Å²) in [5.74, 6) is 0. The summed E-state index contributed by atoms with van der Waals surface area (Å²) in [6.07, 6.45) is 0. The van der Waals surface area contributed by atoms with Crippen molar-refractivity contribution in [2.75, 3.05) is 4.90 Å². The standard InChI is InChI=1S/C63H49NSi/c1-38-27-31-47-52(35-38)63(53-36-39(2)28-32-48(53)62(47,5)6)49-22-12-13-23-54(49)64(60-51(63)34-33-50-59(60)45-20-7-11-21-46(45)61(50,3)4)40-29-30-44-43-19-10-16-26-57(43)65(58(44)37-40)55-24-14-8-17-41(55)42-18-9-15-25-56(42)65/h7-37H,1-6H3. The Morgan fingerprint density at radius 1 is 0.354 bits per heavy atom. The van der Waals surface area contributed by atoms with Crippen LogP contribution in [0.1, 0.15) is 83.3 Å². The first-order valence-corrected chi connectivity index (χ1v) is 25.4. The fourth-order valence-corrected chi connectivity index (χ4v) is 19.6. The van der Waals surface area contributed by atoms with Gasteiger partial charge in [0, 0.05) is 22.1 Å². The highest BCUT2D eigenvalue weighted by Crippen LogP contribution is 2.66. The van der Waals surface area contributed by atoms with E-state index in [1.807, 2.05) is 0 Å². The maximum atomic E-state index is 2.70. The van der Waals surface area contributed by atoms with Crippen molar-refractivity contribution in [3.63, 3.8) is 0 Å². The van der Waals surface area contributed by atoms with Gasteiger partial charge in [-0.05, 0) is 125 Å². The van der Waals surface area contributed by atoms with Gasteiger partial charge in [0.05, 0.1) is 16.8 Å². The molecule has 0 bridgehead atoms. The minimum atomic E-state index is -2.72. The fourth-order valence-electron chi connectivity index (χ4n) is 13.9. The molecular formula is C63H49NSi. The van der Waals surface area contributed by atoms with E-state index in [0.717, 1.165) is 0 Å². The van der Waals surface area contributed by atoms with E-state index in [2.05, 4.69) is 234 Å². The lowest BCUT2D eigenvalue weighted by Gasteiger charge is -2.53. The largest absolute Gasteiger partial charge is 0.309 e.